The predicted molar refractivity (Wildman–Crippen MR) is 117 cm³/mol. The molecule has 1 saturated heterocycles. The lowest BCUT2D eigenvalue weighted by Crippen LogP contribution is -2.59. The Labute approximate surface area is 197 Å². The zero-order valence-electron chi connectivity index (χ0n) is 17.7. The van der Waals surface area contributed by atoms with E-state index in [4.69, 9.17) is 22.7 Å². The maximum absolute atomic E-state index is 13.0. The second kappa shape index (κ2) is 10.3. The van der Waals surface area contributed by atoms with Gasteiger partial charge < -0.3 is 25.8 Å². The summed E-state index contributed by atoms with van der Waals surface area (Å²) in [4.78, 5) is 26.9. The van der Waals surface area contributed by atoms with Gasteiger partial charge in [0, 0.05) is 23.7 Å². The van der Waals surface area contributed by atoms with Gasteiger partial charge in [-0.15, -0.1) is 13.2 Å². The first-order valence-electron chi connectivity index (χ1n) is 10.2. The van der Waals surface area contributed by atoms with E-state index < -0.39 is 42.5 Å². The molecule has 0 spiro atoms. The van der Waals surface area contributed by atoms with Crippen LogP contribution in [0.25, 0.3) is 0 Å². The van der Waals surface area contributed by atoms with Crippen LogP contribution in [0, 0.1) is 5.41 Å². The summed E-state index contributed by atoms with van der Waals surface area (Å²) < 4.78 is 41.6. The topological polar surface area (TPSA) is 129 Å². The smallest absolute Gasteiger partial charge is 0.406 e. The number of nitrogens with zero attached hydrogens (tertiary/aromatic N) is 1. The summed E-state index contributed by atoms with van der Waals surface area (Å²) in [6.07, 6.45) is -4.55. The number of aliphatic hydroxyl groups excluding tert-OH is 1. The Bertz CT molecular complexity index is 1080. The molecule has 0 bridgehead atoms. The van der Waals surface area contributed by atoms with Crippen LogP contribution in [0.2, 0.25) is 5.02 Å². The number of likely N-dealkylation sites (tertiary alicyclic amines) is 1. The molecule has 0 aromatic heterocycles. The van der Waals surface area contributed by atoms with Crippen LogP contribution in [0.5, 0.6) is 5.75 Å². The first-order chi connectivity index (χ1) is 16.0. The van der Waals surface area contributed by atoms with E-state index in [9.17, 15) is 27.9 Å². The third kappa shape index (κ3) is 6.17. The van der Waals surface area contributed by atoms with E-state index >= 15 is 0 Å². The van der Waals surface area contributed by atoms with Gasteiger partial charge in [0.25, 0.3) is 0 Å². The number of nitrogens with one attached hydrogen (secondary N) is 2. The van der Waals surface area contributed by atoms with Crippen LogP contribution in [0.3, 0.4) is 0 Å². The summed E-state index contributed by atoms with van der Waals surface area (Å²) in [5.41, 5.74) is 6.76. The fraction of sp³-hybridized carbons (Fsp3) is 0.318. The first kappa shape index (κ1) is 25.3. The van der Waals surface area contributed by atoms with Crippen molar-refractivity contribution in [2.75, 3.05) is 13.2 Å². The van der Waals surface area contributed by atoms with Crippen molar-refractivity contribution in [3.8, 4) is 5.75 Å². The van der Waals surface area contributed by atoms with Crippen molar-refractivity contribution in [1.29, 1.82) is 5.41 Å². The molecule has 34 heavy (non-hydrogen) atoms. The molecule has 2 atom stereocenters. The Hall–Kier alpha value is -3.31. The lowest BCUT2D eigenvalue weighted by molar-refractivity contribution is -0.274. The van der Waals surface area contributed by atoms with Crippen LogP contribution in [0.1, 0.15) is 29.0 Å². The van der Waals surface area contributed by atoms with E-state index in [1.165, 1.54) is 11.0 Å². The van der Waals surface area contributed by atoms with Crippen molar-refractivity contribution in [2.45, 2.75) is 31.3 Å². The molecular formula is C22H22ClF3N4O4. The maximum Gasteiger partial charge on any atom is 0.573 e. The second-order valence-electron chi connectivity index (χ2n) is 7.67. The average molecular weight is 499 g/mol. The number of amides is 2. The van der Waals surface area contributed by atoms with Gasteiger partial charge in [-0.05, 0) is 35.7 Å². The zero-order chi connectivity index (χ0) is 25.0. The quantitative estimate of drug-likeness (QED) is 0.328. The van der Waals surface area contributed by atoms with Gasteiger partial charge in [0.15, 0.2) is 0 Å². The van der Waals surface area contributed by atoms with Gasteiger partial charge >= 0.3 is 6.36 Å². The highest BCUT2D eigenvalue weighted by atomic mass is 35.5. The van der Waals surface area contributed by atoms with Gasteiger partial charge in [0.05, 0.1) is 12.5 Å². The Morgan fingerprint density at radius 1 is 1.26 bits per heavy atom. The molecule has 2 unspecified atom stereocenters. The van der Waals surface area contributed by atoms with E-state index in [1.54, 1.807) is 24.3 Å². The number of aliphatic hydroxyl groups is 1. The highest BCUT2D eigenvalue weighted by Crippen LogP contribution is 2.32. The molecule has 2 aromatic rings. The molecule has 12 heteroatoms. The molecule has 182 valence electrons. The summed E-state index contributed by atoms with van der Waals surface area (Å²) in [6.45, 7) is -0.253. The number of carbonyl (C=O) groups is 2. The molecule has 2 amide bonds. The Kier molecular flexibility index (Phi) is 7.68. The molecule has 1 aliphatic rings. The first-order valence-corrected chi connectivity index (χ1v) is 10.5. The number of amidine groups is 1. The highest BCUT2D eigenvalue weighted by Gasteiger charge is 2.40. The monoisotopic (exact) mass is 498 g/mol. The van der Waals surface area contributed by atoms with Gasteiger partial charge in [-0.3, -0.25) is 15.0 Å². The summed E-state index contributed by atoms with van der Waals surface area (Å²) in [7, 11) is 0. The molecule has 0 radical (unpaired) electrons. The number of benzene rings is 2. The maximum atomic E-state index is 13.0. The molecule has 1 heterocycles. The fourth-order valence-corrected chi connectivity index (χ4v) is 3.77. The van der Waals surface area contributed by atoms with E-state index in [2.05, 4.69) is 10.1 Å². The van der Waals surface area contributed by atoms with Crippen LogP contribution in [-0.4, -0.2) is 53.2 Å². The van der Waals surface area contributed by atoms with Crippen molar-refractivity contribution in [3.05, 3.63) is 64.2 Å². The van der Waals surface area contributed by atoms with Crippen molar-refractivity contribution >= 4 is 29.3 Å². The molecule has 2 aromatic carbocycles. The zero-order valence-corrected chi connectivity index (χ0v) is 18.5. The number of alkyl halides is 3. The standard InChI is InChI=1S/C22H22ClF3N4O4/c23-15-7-14(8-16(9-15)34-22(24,25)26)17(11-31)21(33)30-6-5-18(30)20(32)29-10-12-1-3-13(4-2-12)19(27)28/h1-4,7-9,17-18,31H,5-6,10-11H2,(H3,27,28)(H,29,32). The van der Waals surface area contributed by atoms with E-state index in [0.29, 0.717) is 12.0 Å². The Morgan fingerprint density at radius 2 is 1.94 bits per heavy atom. The number of hydrogen-bond donors (Lipinski definition) is 4. The molecule has 1 fully saturated rings. The third-order valence-corrected chi connectivity index (χ3v) is 5.57. The van der Waals surface area contributed by atoms with Gasteiger partial charge in [-0.1, -0.05) is 35.9 Å². The van der Waals surface area contributed by atoms with Crippen molar-refractivity contribution in [2.24, 2.45) is 5.73 Å². The van der Waals surface area contributed by atoms with Crippen LogP contribution in [0.15, 0.2) is 42.5 Å². The molecule has 0 saturated carbocycles. The van der Waals surface area contributed by atoms with E-state index in [-0.39, 0.29) is 29.5 Å². The summed E-state index contributed by atoms with van der Waals surface area (Å²) >= 11 is 5.88. The molecular weight excluding hydrogens is 477 g/mol. The Balaban J connectivity index is 1.66. The van der Waals surface area contributed by atoms with Crippen LogP contribution < -0.4 is 15.8 Å². The third-order valence-electron chi connectivity index (χ3n) is 5.35. The minimum atomic E-state index is -4.95. The summed E-state index contributed by atoms with van der Waals surface area (Å²) in [5, 5.41) is 19.8. The highest BCUT2D eigenvalue weighted by molar-refractivity contribution is 6.30. The van der Waals surface area contributed by atoms with Crippen molar-refractivity contribution in [3.63, 3.8) is 0 Å². The van der Waals surface area contributed by atoms with Crippen LogP contribution >= 0.6 is 11.6 Å². The molecule has 3 rings (SSSR count). The van der Waals surface area contributed by atoms with E-state index in [0.717, 1.165) is 17.7 Å². The number of nitrogens with two attached hydrogens (primary N) is 1. The number of ether oxygens (including phenoxy) is 1. The summed E-state index contributed by atoms with van der Waals surface area (Å²) in [5.74, 6) is -2.92. The minimum Gasteiger partial charge on any atom is -0.406 e. The summed E-state index contributed by atoms with van der Waals surface area (Å²) in [6, 6.07) is 9.14. The Morgan fingerprint density at radius 3 is 2.47 bits per heavy atom. The second-order valence-corrected chi connectivity index (χ2v) is 8.10. The van der Waals surface area contributed by atoms with Crippen LogP contribution in [0.4, 0.5) is 13.2 Å². The SMILES string of the molecule is N=C(N)c1ccc(CNC(=O)C2CCN2C(=O)C(CO)c2cc(Cl)cc(OC(F)(F)F)c2)cc1. The largest absolute Gasteiger partial charge is 0.573 e. The lowest BCUT2D eigenvalue weighted by atomic mass is 9.93. The van der Waals surface area contributed by atoms with Gasteiger partial charge in [-0.25, -0.2) is 0 Å². The van der Waals surface area contributed by atoms with Crippen molar-refractivity contribution < 1.29 is 32.6 Å². The molecule has 0 aliphatic carbocycles. The average Bonchev–Trinajstić information content (AvgIpc) is 2.70. The lowest BCUT2D eigenvalue weighted by Gasteiger charge is -2.41. The van der Waals surface area contributed by atoms with Gasteiger partial charge in [0.1, 0.15) is 17.6 Å². The predicted octanol–water partition coefficient (Wildman–Crippen LogP) is 2.52. The number of carbonyl (C=O) groups excluding carboxylic acids is 2. The van der Waals surface area contributed by atoms with E-state index in [1.807, 2.05) is 0 Å². The number of rotatable bonds is 8. The van der Waals surface area contributed by atoms with Gasteiger partial charge in [0.2, 0.25) is 11.8 Å². The molecule has 5 N–H and O–H groups in total. The number of hydrogen-bond acceptors (Lipinski definition) is 5. The fourth-order valence-electron chi connectivity index (χ4n) is 3.54. The molecule has 8 nitrogen and oxygen atoms in total. The number of nitrogen functional groups attached to an aromatic ring is 1. The van der Waals surface area contributed by atoms with Crippen LogP contribution in [-0.2, 0) is 16.1 Å². The van der Waals surface area contributed by atoms with Crippen molar-refractivity contribution in [1.82, 2.24) is 10.2 Å². The van der Waals surface area contributed by atoms with Gasteiger partial charge in [-0.2, -0.15) is 0 Å². The number of halogens is 4. The minimum absolute atomic E-state index is 0.0378. The normalized spacial score (nSPS) is 16.4. The molecule has 1 aliphatic heterocycles.